The topological polar surface area (TPSA) is 209 Å². The molecule has 5 N–H and O–H groups in total. The zero-order valence-electron chi connectivity index (χ0n) is 29.5. The van der Waals surface area contributed by atoms with E-state index in [9.17, 15) is 28.8 Å². The van der Waals surface area contributed by atoms with Crippen molar-refractivity contribution in [3.8, 4) is 0 Å². The lowest BCUT2D eigenvalue weighted by molar-refractivity contribution is -0.139. The highest BCUT2D eigenvalue weighted by Gasteiger charge is 2.32. The van der Waals surface area contributed by atoms with Crippen molar-refractivity contribution in [1.82, 2.24) is 51.7 Å². The molecule has 0 aliphatic carbocycles. The third-order valence-corrected chi connectivity index (χ3v) is 8.53. The molecule has 0 radical (unpaired) electrons. The molecule has 0 unspecified atom stereocenters. The highest BCUT2D eigenvalue weighted by molar-refractivity contribution is 5.99. The minimum Gasteiger partial charge on any atom is -0.355 e. The van der Waals surface area contributed by atoms with Gasteiger partial charge in [0.2, 0.25) is 29.5 Å². The Labute approximate surface area is 296 Å². The summed E-state index contributed by atoms with van der Waals surface area (Å²) in [4.78, 5) is 81.3. The monoisotopic (exact) mass is 702 g/mol. The average Bonchev–Trinajstić information content (AvgIpc) is 3.51. The number of rotatable bonds is 7. The van der Waals surface area contributed by atoms with Crippen molar-refractivity contribution in [2.45, 2.75) is 77.7 Å². The van der Waals surface area contributed by atoms with Crippen LogP contribution in [-0.2, 0) is 36.9 Å². The Morgan fingerprint density at radius 2 is 1.63 bits per heavy atom. The number of amides is 6. The van der Waals surface area contributed by atoms with Crippen LogP contribution in [0.2, 0.25) is 0 Å². The van der Waals surface area contributed by atoms with Gasteiger partial charge < -0.3 is 31.5 Å². The van der Waals surface area contributed by atoms with Gasteiger partial charge in [-0.05, 0) is 66.3 Å². The first-order valence-electron chi connectivity index (χ1n) is 16.9. The minimum absolute atomic E-state index is 0.133. The van der Waals surface area contributed by atoms with Crippen LogP contribution < -0.4 is 26.6 Å². The minimum atomic E-state index is -1.07. The number of hydrogen-bond donors (Lipinski definition) is 5. The van der Waals surface area contributed by atoms with E-state index in [2.05, 4.69) is 42.1 Å². The second-order valence-corrected chi connectivity index (χ2v) is 13.0. The summed E-state index contributed by atoms with van der Waals surface area (Å²) in [5.74, 6) is -2.97. The summed E-state index contributed by atoms with van der Waals surface area (Å²) >= 11 is 0. The van der Waals surface area contributed by atoms with Gasteiger partial charge in [-0.2, -0.15) is 0 Å². The smallest absolute Gasteiger partial charge is 0.251 e. The fourth-order valence-electron chi connectivity index (χ4n) is 5.49. The summed E-state index contributed by atoms with van der Waals surface area (Å²) in [6.45, 7) is 7.04. The van der Waals surface area contributed by atoms with Crippen LogP contribution >= 0.6 is 0 Å². The first-order chi connectivity index (χ1) is 24.3. The standard InChI is InChI=1S/C35H46N10O6/c1-21(2)30-34(50)37-22(3)31(47)39-28(18-24-10-7-6-8-11-24)35(51)44(5)20-29(46)36-17-9-12-27(33(49)40-30)38-32(48)26-15-13-25(14-16-26)19-45-23(4)41-42-43-45/h6-8,10-11,13-16,21-22,27-28,30H,9,12,17-20H2,1-5H3,(H,36,46)(H,37,50)(H,38,48)(H,39,47)(H,40,49)/t22-,27+,28+,30-/m1/s1. The van der Waals surface area contributed by atoms with Crippen LogP contribution in [0.15, 0.2) is 54.6 Å². The normalized spacial score (nSPS) is 21.5. The molecule has 0 bridgehead atoms. The quantitative estimate of drug-likeness (QED) is 0.222. The van der Waals surface area contributed by atoms with E-state index in [1.807, 2.05) is 30.3 Å². The van der Waals surface area contributed by atoms with Gasteiger partial charge >= 0.3 is 0 Å². The van der Waals surface area contributed by atoms with Gasteiger partial charge in [0.25, 0.3) is 5.91 Å². The third kappa shape index (κ3) is 10.9. The lowest BCUT2D eigenvalue weighted by atomic mass is 10.0. The number of aryl methyl sites for hydroxylation is 1. The molecule has 16 nitrogen and oxygen atoms in total. The molecule has 2 heterocycles. The molecule has 2 aromatic carbocycles. The van der Waals surface area contributed by atoms with Crippen molar-refractivity contribution in [3.05, 3.63) is 77.1 Å². The summed E-state index contributed by atoms with van der Waals surface area (Å²) in [5.41, 5.74) is 1.97. The lowest BCUT2D eigenvalue weighted by Crippen LogP contribution is -2.59. The maximum atomic E-state index is 13.7. The molecular formula is C35H46N10O6. The Balaban J connectivity index is 1.51. The van der Waals surface area contributed by atoms with E-state index in [1.165, 1.54) is 18.9 Å². The molecular weight excluding hydrogens is 656 g/mol. The van der Waals surface area contributed by atoms with Gasteiger partial charge in [0.15, 0.2) is 0 Å². The van der Waals surface area contributed by atoms with Gasteiger partial charge in [0, 0.05) is 25.6 Å². The molecule has 4 atom stereocenters. The molecule has 0 saturated carbocycles. The number of likely N-dealkylation sites (N-methyl/N-ethyl adjacent to an activating group) is 1. The molecule has 16 heteroatoms. The fraction of sp³-hybridized carbons (Fsp3) is 0.457. The van der Waals surface area contributed by atoms with Gasteiger partial charge in [-0.25, -0.2) is 4.68 Å². The van der Waals surface area contributed by atoms with Crippen LogP contribution in [0.3, 0.4) is 0 Å². The SMILES string of the molecule is Cc1nnnn1Cc1ccc(C(=O)N[C@H]2CCCNC(=O)CN(C)C(=O)[C@H](Cc3ccccc3)NC(=O)[C@@H](C)NC(=O)[C@@H](C(C)C)NC2=O)cc1. The zero-order chi connectivity index (χ0) is 37.1. The number of nitrogens with zero attached hydrogens (tertiary/aromatic N) is 5. The van der Waals surface area contributed by atoms with Crippen LogP contribution in [-0.4, -0.2) is 105 Å². The molecule has 51 heavy (non-hydrogen) atoms. The first kappa shape index (κ1) is 38.1. The molecule has 1 saturated heterocycles. The predicted octanol–water partition coefficient (Wildman–Crippen LogP) is -0.130. The Bertz CT molecular complexity index is 1690. The second kappa shape index (κ2) is 17.8. The first-order valence-corrected chi connectivity index (χ1v) is 16.9. The molecule has 1 aromatic heterocycles. The number of aromatic nitrogens is 4. The van der Waals surface area contributed by atoms with E-state index in [1.54, 1.807) is 49.7 Å². The summed E-state index contributed by atoms with van der Waals surface area (Å²) in [7, 11) is 1.47. The maximum Gasteiger partial charge on any atom is 0.251 e. The van der Waals surface area contributed by atoms with Gasteiger partial charge in [-0.3, -0.25) is 28.8 Å². The number of benzene rings is 2. The highest BCUT2D eigenvalue weighted by atomic mass is 16.2. The van der Waals surface area contributed by atoms with E-state index in [-0.39, 0.29) is 31.8 Å². The molecule has 1 aliphatic heterocycles. The third-order valence-electron chi connectivity index (χ3n) is 8.53. The molecule has 272 valence electrons. The highest BCUT2D eigenvalue weighted by Crippen LogP contribution is 2.11. The van der Waals surface area contributed by atoms with Crippen molar-refractivity contribution >= 4 is 35.4 Å². The number of hydrogen-bond acceptors (Lipinski definition) is 9. The van der Waals surface area contributed by atoms with Gasteiger partial charge in [0.1, 0.15) is 30.0 Å². The van der Waals surface area contributed by atoms with Crippen LogP contribution in [0.1, 0.15) is 60.9 Å². The van der Waals surface area contributed by atoms with E-state index < -0.39 is 59.6 Å². The number of nitrogens with one attached hydrogen (secondary N) is 5. The van der Waals surface area contributed by atoms with E-state index in [0.29, 0.717) is 24.4 Å². The van der Waals surface area contributed by atoms with Crippen molar-refractivity contribution in [3.63, 3.8) is 0 Å². The molecule has 3 aromatic rings. The lowest BCUT2D eigenvalue weighted by Gasteiger charge is -2.28. The van der Waals surface area contributed by atoms with Crippen LogP contribution in [0.4, 0.5) is 0 Å². The molecule has 1 aliphatic rings. The van der Waals surface area contributed by atoms with E-state index in [0.717, 1.165) is 11.1 Å². The molecule has 0 spiro atoms. The number of tetrazole rings is 1. The Morgan fingerprint density at radius 3 is 2.27 bits per heavy atom. The van der Waals surface area contributed by atoms with E-state index >= 15 is 0 Å². The summed E-state index contributed by atoms with van der Waals surface area (Å²) in [5, 5.41) is 25.1. The van der Waals surface area contributed by atoms with Crippen molar-refractivity contribution in [1.29, 1.82) is 0 Å². The summed E-state index contributed by atoms with van der Waals surface area (Å²) in [6.07, 6.45) is 0.600. The van der Waals surface area contributed by atoms with Crippen LogP contribution in [0.25, 0.3) is 0 Å². The Morgan fingerprint density at radius 1 is 0.922 bits per heavy atom. The summed E-state index contributed by atoms with van der Waals surface area (Å²) < 4.78 is 1.62. The van der Waals surface area contributed by atoms with E-state index in [4.69, 9.17) is 0 Å². The maximum absolute atomic E-state index is 13.7. The van der Waals surface area contributed by atoms with Crippen LogP contribution in [0.5, 0.6) is 0 Å². The number of carbonyl (C=O) groups is 6. The van der Waals surface area contributed by atoms with Gasteiger partial charge in [-0.1, -0.05) is 56.3 Å². The van der Waals surface area contributed by atoms with Crippen molar-refractivity contribution in [2.75, 3.05) is 20.1 Å². The summed E-state index contributed by atoms with van der Waals surface area (Å²) in [6, 6.07) is 11.7. The predicted molar refractivity (Wildman–Crippen MR) is 186 cm³/mol. The average molecular weight is 703 g/mol. The van der Waals surface area contributed by atoms with Crippen molar-refractivity contribution < 1.29 is 28.8 Å². The fourth-order valence-corrected chi connectivity index (χ4v) is 5.49. The Kier molecular flexibility index (Phi) is 13.3. The van der Waals surface area contributed by atoms with Gasteiger partial charge in [-0.15, -0.1) is 5.10 Å². The second-order valence-electron chi connectivity index (χ2n) is 13.0. The van der Waals surface area contributed by atoms with Crippen LogP contribution in [0, 0.1) is 12.8 Å². The van der Waals surface area contributed by atoms with Gasteiger partial charge in [0.05, 0.1) is 13.1 Å². The number of carbonyl (C=O) groups excluding carboxylic acids is 6. The largest absolute Gasteiger partial charge is 0.355 e. The molecule has 1 fully saturated rings. The van der Waals surface area contributed by atoms with Crippen molar-refractivity contribution in [2.24, 2.45) is 5.92 Å². The zero-order valence-corrected chi connectivity index (χ0v) is 29.5. The Hall–Kier alpha value is -5.67. The molecule has 6 amide bonds. The molecule has 4 rings (SSSR count).